The molecule has 3 aromatic carbocycles. The van der Waals surface area contributed by atoms with E-state index in [1.165, 1.54) is 35.2 Å². The van der Waals surface area contributed by atoms with Crippen LogP contribution >= 0.6 is 11.6 Å². The minimum absolute atomic E-state index is 0.0263. The summed E-state index contributed by atoms with van der Waals surface area (Å²) in [7, 11) is 0. The van der Waals surface area contributed by atoms with Crippen molar-refractivity contribution in [3.8, 4) is 0 Å². The fourth-order valence-electron chi connectivity index (χ4n) is 3.63. The Bertz CT molecular complexity index is 1190. The summed E-state index contributed by atoms with van der Waals surface area (Å²) in [4.78, 5) is 20.0. The molecule has 34 heavy (non-hydrogen) atoms. The molecule has 1 unspecified atom stereocenters. The van der Waals surface area contributed by atoms with Crippen LogP contribution in [0.25, 0.3) is 0 Å². The third-order valence-electron chi connectivity index (χ3n) is 5.38. The number of benzene rings is 3. The first kappa shape index (κ1) is 23.8. The maximum atomic E-state index is 14.3. The summed E-state index contributed by atoms with van der Waals surface area (Å²) in [5.74, 6) is -1.28. The van der Waals surface area contributed by atoms with Crippen molar-refractivity contribution in [2.24, 2.45) is 5.16 Å². The Morgan fingerprint density at radius 3 is 2.35 bits per heavy atom. The molecule has 0 N–H and O–H groups in total. The van der Waals surface area contributed by atoms with E-state index in [-0.39, 0.29) is 18.7 Å². The highest BCUT2D eigenvalue weighted by molar-refractivity contribution is 6.30. The van der Waals surface area contributed by atoms with Gasteiger partial charge in [0, 0.05) is 18.0 Å². The summed E-state index contributed by atoms with van der Waals surface area (Å²) in [5, 5.41) is 4.68. The number of carbonyl (C=O) groups excluding carboxylic acids is 1. The lowest BCUT2D eigenvalue weighted by atomic mass is 10.0. The van der Waals surface area contributed by atoms with Crippen LogP contribution in [0.3, 0.4) is 0 Å². The molecule has 1 atom stereocenters. The highest BCUT2D eigenvalue weighted by atomic mass is 35.5. The van der Waals surface area contributed by atoms with Gasteiger partial charge in [0.1, 0.15) is 5.82 Å². The van der Waals surface area contributed by atoms with Crippen molar-refractivity contribution in [3.05, 3.63) is 106 Å². The van der Waals surface area contributed by atoms with Crippen LogP contribution in [0.5, 0.6) is 0 Å². The molecule has 0 saturated heterocycles. The van der Waals surface area contributed by atoms with Crippen molar-refractivity contribution in [1.82, 2.24) is 4.90 Å². The van der Waals surface area contributed by atoms with Crippen LogP contribution in [-0.2, 0) is 17.6 Å². The van der Waals surface area contributed by atoms with Gasteiger partial charge in [0.2, 0.25) is 0 Å². The van der Waals surface area contributed by atoms with E-state index >= 15 is 0 Å². The number of carbonyl (C=O) groups is 1. The van der Waals surface area contributed by atoms with Gasteiger partial charge in [-0.25, -0.2) is 4.39 Å². The van der Waals surface area contributed by atoms with Gasteiger partial charge in [0.05, 0.1) is 23.4 Å². The van der Waals surface area contributed by atoms with Gasteiger partial charge in [-0.3, -0.25) is 4.79 Å². The van der Waals surface area contributed by atoms with E-state index in [4.69, 9.17) is 16.4 Å². The number of amides is 1. The lowest BCUT2D eigenvalue weighted by Crippen LogP contribution is -2.37. The van der Waals surface area contributed by atoms with Crippen LogP contribution in [0.4, 0.5) is 17.6 Å². The molecule has 1 amide bonds. The average Bonchev–Trinajstić information content (AvgIpc) is 3.27. The van der Waals surface area contributed by atoms with E-state index in [9.17, 15) is 22.4 Å². The van der Waals surface area contributed by atoms with E-state index < -0.39 is 29.6 Å². The average molecular weight is 491 g/mol. The molecule has 4 rings (SSSR count). The zero-order valence-electron chi connectivity index (χ0n) is 17.7. The fourth-order valence-corrected chi connectivity index (χ4v) is 3.75. The molecule has 0 aliphatic carbocycles. The zero-order chi connectivity index (χ0) is 24.3. The molecule has 0 radical (unpaired) electrons. The summed E-state index contributed by atoms with van der Waals surface area (Å²) < 4.78 is 53.0. The molecular weight excluding hydrogens is 472 g/mol. The Balaban J connectivity index is 1.53. The fraction of sp³-hybridized carbons (Fsp3) is 0.200. The van der Waals surface area contributed by atoms with Crippen LogP contribution in [0.2, 0.25) is 5.02 Å². The van der Waals surface area contributed by atoms with Gasteiger partial charge >= 0.3 is 6.18 Å². The van der Waals surface area contributed by atoms with Crippen molar-refractivity contribution in [3.63, 3.8) is 0 Å². The predicted octanol–water partition coefficient (Wildman–Crippen LogP) is 6.33. The second-order valence-corrected chi connectivity index (χ2v) is 8.27. The van der Waals surface area contributed by atoms with Crippen molar-refractivity contribution in [2.75, 3.05) is 6.54 Å². The molecule has 0 aromatic heterocycles. The highest BCUT2D eigenvalue weighted by Crippen LogP contribution is 2.29. The van der Waals surface area contributed by atoms with Crippen molar-refractivity contribution >= 4 is 23.2 Å². The maximum Gasteiger partial charge on any atom is 0.416 e. The molecule has 4 nitrogen and oxygen atoms in total. The van der Waals surface area contributed by atoms with Crippen LogP contribution < -0.4 is 0 Å². The highest BCUT2D eigenvalue weighted by Gasteiger charge is 2.31. The lowest BCUT2D eigenvalue weighted by molar-refractivity contribution is -0.137. The van der Waals surface area contributed by atoms with Crippen molar-refractivity contribution < 1.29 is 27.2 Å². The molecule has 0 bridgehead atoms. The normalized spacial score (nSPS) is 15.6. The van der Waals surface area contributed by atoms with Gasteiger partial charge in [-0.1, -0.05) is 53.2 Å². The van der Waals surface area contributed by atoms with Gasteiger partial charge in [0.25, 0.3) is 5.91 Å². The van der Waals surface area contributed by atoms with Crippen molar-refractivity contribution in [2.45, 2.75) is 25.2 Å². The van der Waals surface area contributed by atoms with Crippen LogP contribution in [0.15, 0.2) is 78.0 Å². The number of halogens is 5. The first-order valence-electron chi connectivity index (χ1n) is 10.4. The number of rotatable bonds is 6. The number of oxime groups is 1. The Morgan fingerprint density at radius 2 is 1.71 bits per heavy atom. The Morgan fingerprint density at radius 1 is 1.03 bits per heavy atom. The molecule has 1 aliphatic rings. The third-order valence-corrected chi connectivity index (χ3v) is 5.63. The smallest absolute Gasteiger partial charge is 0.390 e. The predicted molar refractivity (Wildman–Crippen MR) is 120 cm³/mol. The van der Waals surface area contributed by atoms with Gasteiger partial charge < -0.3 is 9.74 Å². The standard InChI is InChI=1S/C25H19ClF4N2O2/c26-19-11-7-17(8-12-19)23-13-20(34-31-23)15-32(24(33)21-3-1-2-4-22(21)27)14-16-5-9-18(10-6-16)25(28,29)30/h1-12,20H,13-15H2. The van der Waals surface area contributed by atoms with E-state index in [1.807, 2.05) is 0 Å². The Hall–Kier alpha value is -3.39. The SMILES string of the molecule is O=C(c1ccccc1F)N(Cc1ccc(C(F)(F)F)cc1)CC1CC(c2ccc(Cl)cc2)=NO1. The first-order chi connectivity index (χ1) is 16.2. The zero-order valence-corrected chi connectivity index (χ0v) is 18.5. The summed E-state index contributed by atoms with van der Waals surface area (Å²) in [6.45, 7) is 0.0379. The van der Waals surface area contributed by atoms with E-state index in [0.717, 1.165) is 17.7 Å². The van der Waals surface area contributed by atoms with Crippen LogP contribution in [0.1, 0.15) is 33.5 Å². The molecule has 3 aromatic rings. The molecular formula is C25H19ClF4N2O2. The minimum atomic E-state index is -4.46. The number of alkyl halides is 3. The quantitative estimate of drug-likeness (QED) is 0.379. The largest absolute Gasteiger partial charge is 0.416 e. The van der Waals surface area contributed by atoms with Crippen molar-refractivity contribution in [1.29, 1.82) is 0 Å². The second kappa shape index (κ2) is 9.85. The number of nitrogens with zero attached hydrogens (tertiary/aromatic N) is 2. The summed E-state index contributed by atoms with van der Waals surface area (Å²) in [6.07, 6.45) is -4.57. The van der Waals surface area contributed by atoms with Crippen LogP contribution in [0, 0.1) is 5.82 Å². The van der Waals surface area contributed by atoms with Gasteiger partial charge in [-0.2, -0.15) is 13.2 Å². The molecule has 0 spiro atoms. The molecule has 0 fully saturated rings. The summed E-state index contributed by atoms with van der Waals surface area (Å²) >= 11 is 5.93. The summed E-state index contributed by atoms with van der Waals surface area (Å²) in [5.41, 5.74) is 1.04. The number of hydrogen-bond donors (Lipinski definition) is 0. The molecule has 1 heterocycles. The Labute approximate surface area is 198 Å². The molecule has 1 aliphatic heterocycles. The summed E-state index contributed by atoms with van der Waals surface area (Å²) in [6, 6.07) is 17.1. The van der Waals surface area contributed by atoms with E-state index in [0.29, 0.717) is 22.7 Å². The first-order valence-corrected chi connectivity index (χ1v) is 10.8. The van der Waals surface area contributed by atoms with E-state index in [2.05, 4.69) is 5.16 Å². The van der Waals surface area contributed by atoms with Gasteiger partial charge in [-0.05, 0) is 47.5 Å². The lowest BCUT2D eigenvalue weighted by Gasteiger charge is -2.25. The molecule has 9 heteroatoms. The molecule has 176 valence electrons. The minimum Gasteiger partial charge on any atom is -0.390 e. The third kappa shape index (κ3) is 5.56. The number of hydrogen-bond acceptors (Lipinski definition) is 3. The van der Waals surface area contributed by atoms with Gasteiger partial charge in [0.15, 0.2) is 6.10 Å². The topological polar surface area (TPSA) is 41.9 Å². The second-order valence-electron chi connectivity index (χ2n) is 7.84. The maximum absolute atomic E-state index is 14.3. The molecule has 0 saturated carbocycles. The monoisotopic (exact) mass is 490 g/mol. The van der Waals surface area contributed by atoms with Crippen LogP contribution in [-0.4, -0.2) is 29.2 Å². The Kier molecular flexibility index (Phi) is 6.88. The van der Waals surface area contributed by atoms with Gasteiger partial charge in [-0.15, -0.1) is 0 Å². The van der Waals surface area contributed by atoms with E-state index in [1.54, 1.807) is 30.3 Å².